The molecule has 0 bridgehead atoms. The van der Waals surface area contributed by atoms with Crippen molar-refractivity contribution in [3.05, 3.63) is 158 Å². The van der Waals surface area contributed by atoms with E-state index in [-0.39, 0.29) is 31.6 Å². The summed E-state index contributed by atoms with van der Waals surface area (Å²) in [6, 6.07) is 0. The fourth-order valence-corrected chi connectivity index (χ4v) is 9.02. The first-order chi connectivity index (χ1) is 41.0. The predicted molar refractivity (Wildman–Crippen MR) is 362 cm³/mol. The van der Waals surface area contributed by atoms with E-state index in [1.807, 2.05) is 6.08 Å². The Kier molecular flexibility index (Phi) is 65.4. The fourth-order valence-electron chi connectivity index (χ4n) is 9.02. The highest BCUT2D eigenvalue weighted by Crippen LogP contribution is 2.15. The number of unbranched alkanes of at least 4 members (excludes halogenated alkanes) is 24. The van der Waals surface area contributed by atoms with E-state index in [1.54, 1.807) is 6.08 Å². The lowest BCUT2D eigenvalue weighted by Crippen LogP contribution is -2.30. The number of carbonyl (C=O) groups excluding carboxylic acids is 3. The first-order valence-electron chi connectivity index (χ1n) is 34.0. The van der Waals surface area contributed by atoms with Gasteiger partial charge in [0.25, 0.3) is 0 Å². The van der Waals surface area contributed by atoms with Gasteiger partial charge < -0.3 is 14.2 Å². The van der Waals surface area contributed by atoms with Crippen LogP contribution in [0.25, 0.3) is 0 Å². The molecule has 0 heterocycles. The number of ether oxygens (including phenoxy) is 3. The third-order valence-corrected chi connectivity index (χ3v) is 14.0. The van der Waals surface area contributed by atoms with Crippen LogP contribution >= 0.6 is 0 Å². The molecule has 1 atom stereocenters. The zero-order valence-electron chi connectivity index (χ0n) is 53.7. The standard InChI is InChI=1S/C77H124O6/c1-4-7-10-13-16-19-22-25-28-30-32-33-34-35-36-37-38-39-40-41-42-43-45-46-49-52-55-58-61-64-67-70-76(79)82-73-74(72-81-75(78)69-66-63-60-57-54-51-48-27-24-21-18-15-12-9-6-3)83-77(80)71-68-65-62-59-56-53-50-47-44-31-29-26-23-20-17-14-11-8-5-2/h7,9-10,12,16,18-19,21,25-29,32-33,35-36,38-39,41-42,48,54,57,63,66,74H,4-6,8,11,13-15,17,20,22-24,30-31,34,37,40,43-47,49-53,55-56,58-62,64-65,67-73H2,1-3H3/b10-7-,12-9-,19-16-,21-18-,28-25-,29-26-,33-32-,36-35-,39-38-,42-41-,48-27-,57-54-,66-63-. The van der Waals surface area contributed by atoms with Crippen LogP contribution in [-0.2, 0) is 28.6 Å². The quantitative estimate of drug-likeness (QED) is 0.0261. The molecule has 0 aliphatic carbocycles. The summed E-state index contributed by atoms with van der Waals surface area (Å²) in [5.74, 6) is -1.06. The summed E-state index contributed by atoms with van der Waals surface area (Å²) in [7, 11) is 0. The van der Waals surface area contributed by atoms with Crippen LogP contribution in [0.5, 0.6) is 0 Å². The minimum Gasteiger partial charge on any atom is -0.462 e. The summed E-state index contributed by atoms with van der Waals surface area (Å²) in [5.41, 5.74) is 0. The molecule has 6 nitrogen and oxygen atoms in total. The molecular formula is C77H124O6. The van der Waals surface area contributed by atoms with Crippen molar-refractivity contribution in [2.75, 3.05) is 13.2 Å². The van der Waals surface area contributed by atoms with Gasteiger partial charge in [0.15, 0.2) is 6.10 Å². The fraction of sp³-hybridized carbons (Fsp3) is 0.623. The van der Waals surface area contributed by atoms with Gasteiger partial charge in [-0.3, -0.25) is 14.4 Å². The molecule has 0 saturated carbocycles. The molecule has 0 aromatic rings. The number of hydrogen-bond donors (Lipinski definition) is 0. The van der Waals surface area contributed by atoms with Gasteiger partial charge in [-0.15, -0.1) is 0 Å². The van der Waals surface area contributed by atoms with E-state index >= 15 is 0 Å². The van der Waals surface area contributed by atoms with Crippen molar-refractivity contribution in [2.24, 2.45) is 0 Å². The van der Waals surface area contributed by atoms with E-state index in [2.05, 4.69) is 167 Å². The van der Waals surface area contributed by atoms with Crippen molar-refractivity contribution in [3.63, 3.8) is 0 Å². The number of allylic oxidation sites excluding steroid dienone is 25. The maximum absolute atomic E-state index is 12.9. The van der Waals surface area contributed by atoms with E-state index in [0.717, 1.165) is 122 Å². The van der Waals surface area contributed by atoms with Gasteiger partial charge in [0, 0.05) is 12.8 Å². The van der Waals surface area contributed by atoms with Gasteiger partial charge in [-0.1, -0.05) is 301 Å². The highest BCUT2D eigenvalue weighted by atomic mass is 16.6. The Bertz CT molecular complexity index is 1840. The van der Waals surface area contributed by atoms with Gasteiger partial charge in [-0.2, -0.15) is 0 Å². The molecule has 0 rings (SSSR count). The topological polar surface area (TPSA) is 78.9 Å². The van der Waals surface area contributed by atoms with Crippen LogP contribution in [0.15, 0.2) is 158 Å². The Hall–Kier alpha value is -4.97. The van der Waals surface area contributed by atoms with Crippen LogP contribution in [0.3, 0.4) is 0 Å². The minimum atomic E-state index is -0.830. The second kappa shape index (κ2) is 69.5. The second-order valence-corrected chi connectivity index (χ2v) is 22.0. The first kappa shape index (κ1) is 78.0. The molecule has 0 N–H and O–H groups in total. The highest BCUT2D eigenvalue weighted by molar-refractivity contribution is 5.72. The largest absolute Gasteiger partial charge is 0.462 e. The smallest absolute Gasteiger partial charge is 0.309 e. The summed E-state index contributed by atoms with van der Waals surface area (Å²) in [5, 5.41) is 0. The molecule has 1 unspecified atom stereocenters. The average molecular weight is 1150 g/mol. The molecule has 83 heavy (non-hydrogen) atoms. The van der Waals surface area contributed by atoms with E-state index < -0.39 is 12.1 Å². The van der Waals surface area contributed by atoms with Crippen molar-refractivity contribution in [3.8, 4) is 0 Å². The Balaban J connectivity index is 4.40. The maximum Gasteiger partial charge on any atom is 0.309 e. The third kappa shape index (κ3) is 67.7. The molecule has 0 saturated heterocycles. The second-order valence-electron chi connectivity index (χ2n) is 22.0. The van der Waals surface area contributed by atoms with Crippen molar-refractivity contribution in [1.29, 1.82) is 0 Å². The monoisotopic (exact) mass is 1140 g/mol. The van der Waals surface area contributed by atoms with Crippen molar-refractivity contribution < 1.29 is 28.6 Å². The molecular weight excluding hydrogens is 1020 g/mol. The van der Waals surface area contributed by atoms with Gasteiger partial charge in [0.2, 0.25) is 0 Å². The zero-order valence-corrected chi connectivity index (χ0v) is 53.7. The molecule has 0 spiro atoms. The summed E-state index contributed by atoms with van der Waals surface area (Å²) >= 11 is 0. The highest BCUT2D eigenvalue weighted by Gasteiger charge is 2.19. The number of hydrogen-bond acceptors (Lipinski definition) is 6. The molecule has 0 aromatic heterocycles. The lowest BCUT2D eigenvalue weighted by molar-refractivity contribution is -0.166. The Morgan fingerprint density at radius 3 is 0.855 bits per heavy atom. The van der Waals surface area contributed by atoms with Crippen molar-refractivity contribution in [2.45, 2.75) is 297 Å². The van der Waals surface area contributed by atoms with E-state index in [9.17, 15) is 14.4 Å². The lowest BCUT2D eigenvalue weighted by Gasteiger charge is -2.18. The minimum absolute atomic E-state index is 0.117. The molecule has 0 aliphatic rings. The molecule has 0 fully saturated rings. The van der Waals surface area contributed by atoms with Gasteiger partial charge in [-0.05, 0) is 128 Å². The molecule has 468 valence electrons. The van der Waals surface area contributed by atoms with Crippen LogP contribution in [0, 0.1) is 0 Å². The maximum atomic E-state index is 12.9. The average Bonchev–Trinajstić information content (AvgIpc) is 3.49. The van der Waals surface area contributed by atoms with E-state index in [0.29, 0.717) is 12.8 Å². The SMILES string of the molecule is CC/C=C\C/C=C\C/C=C\C/C=C\C/C=C\C/C=C\C/C=C\CCCCCCCCCCCC(=O)OCC(COC(=O)C/C=C\C/C=C\C/C=C\C/C=C\C/C=C\CC)OC(=O)CCCCCCCCCCC/C=C\CCCCCCCC. The van der Waals surface area contributed by atoms with Crippen molar-refractivity contribution in [1.82, 2.24) is 0 Å². The van der Waals surface area contributed by atoms with Gasteiger partial charge in [-0.25, -0.2) is 0 Å². The molecule has 0 aliphatic heterocycles. The number of esters is 3. The van der Waals surface area contributed by atoms with Crippen molar-refractivity contribution >= 4 is 17.9 Å². The molecule has 0 amide bonds. The van der Waals surface area contributed by atoms with Crippen LogP contribution in [0.2, 0.25) is 0 Å². The lowest BCUT2D eigenvalue weighted by atomic mass is 10.1. The Labute approximate surface area is 511 Å². The van der Waals surface area contributed by atoms with Gasteiger partial charge >= 0.3 is 17.9 Å². The van der Waals surface area contributed by atoms with Crippen LogP contribution in [0.4, 0.5) is 0 Å². The summed E-state index contributed by atoms with van der Waals surface area (Å²) < 4.78 is 16.8. The van der Waals surface area contributed by atoms with Crippen LogP contribution < -0.4 is 0 Å². The van der Waals surface area contributed by atoms with E-state index in [4.69, 9.17) is 14.2 Å². The third-order valence-electron chi connectivity index (χ3n) is 14.0. The predicted octanol–water partition coefficient (Wildman–Crippen LogP) is 23.7. The zero-order chi connectivity index (χ0) is 59.9. The van der Waals surface area contributed by atoms with Crippen LogP contribution in [0.1, 0.15) is 290 Å². The summed E-state index contributed by atoms with van der Waals surface area (Å²) in [6.45, 7) is 6.32. The van der Waals surface area contributed by atoms with Gasteiger partial charge in [0.05, 0.1) is 6.42 Å². The normalized spacial score (nSPS) is 13.1. The Morgan fingerprint density at radius 1 is 0.265 bits per heavy atom. The molecule has 6 heteroatoms. The number of carbonyl (C=O) groups is 3. The number of rotatable bonds is 60. The van der Waals surface area contributed by atoms with Crippen LogP contribution in [-0.4, -0.2) is 37.2 Å². The molecule has 0 aromatic carbocycles. The molecule has 0 radical (unpaired) electrons. The van der Waals surface area contributed by atoms with E-state index in [1.165, 1.54) is 128 Å². The van der Waals surface area contributed by atoms with Gasteiger partial charge in [0.1, 0.15) is 13.2 Å². The summed E-state index contributed by atoms with van der Waals surface area (Å²) in [4.78, 5) is 38.3. The summed E-state index contributed by atoms with van der Waals surface area (Å²) in [6.07, 6.45) is 101. The Morgan fingerprint density at radius 2 is 0.518 bits per heavy atom. The first-order valence-corrected chi connectivity index (χ1v) is 34.0.